The molecule has 2 aromatic heterocycles. The molecule has 414 valence electrons. The molecule has 2 atom stereocenters. The molecule has 0 spiro atoms. The van der Waals surface area contributed by atoms with E-state index in [0.29, 0.717) is 97.6 Å². The van der Waals surface area contributed by atoms with Gasteiger partial charge in [0.15, 0.2) is 16.3 Å². The number of carbonyl (C=O) groups is 1. The third kappa shape index (κ3) is 15.2. The average Bonchev–Trinajstić information content (AvgIpc) is 3.72. The summed E-state index contributed by atoms with van der Waals surface area (Å²) < 4.78 is 27.5. The number of anilines is 1. The van der Waals surface area contributed by atoms with Crippen LogP contribution in [-0.4, -0.2) is 112 Å². The fourth-order valence-electron chi connectivity index (χ4n) is 12.6. The maximum atomic E-state index is 14.6. The summed E-state index contributed by atoms with van der Waals surface area (Å²) in [6.07, 6.45) is 11.5. The first-order chi connectivity index (χ1) is 36.6. The fourth-order valence-corrected chi connectivity index (χ4v) is 14.4. The van der Waals surface area contributed by atoms with E-state index < -0.39 is 14.0 Å². The van der Waals surface area contributed by atoms with E-state index in [1.807, 2.05) is 66.1 Å². The maximum Gasteiger partial charge on any atom is 0.358 e. The molecule has 0 radical (unpaired) electrons. The number of azide groups is 1. The molecule has 4 saturated carbocycles. The van der Waals surface area contributed by atoms with Crippen LogP contribution in [0.4, 0.5) is 5.82 Å². The molecule has 4 aromatic rings. The number of nitrogens with one attached hydrogen (secondary N) is 2. The van der Waals surface area contributed by atoms with Gasteiger partial charge in [-0.25, -0.2) is 14.8 Å². The highest BCUT2D eigenvalue weighted by molar-refractivity contribution is 7.16. The van der Waals surface area contributed by atoms with Crippen molar-refractivity contribution in [2.45, 2.75) is 130 Å². The summed E-state index contributed by atoms with van der Waals surface area (Å²) in [5.41, 5.74) is 19.5. The number of nitrogens with two attached hydrogens (primary N) is 1. The van der Waals surface area contributed by atoms with Crippen molar-refractivity contribution in [3.05, 3.63) is 111 Å². The minimum Gasteiger partial charge on any atom is -0.497 e. The van der Waals surface area contributed by atoms with Crippen molar-refractivity contribution < 1.29 is 23.7 Å². The summed E-state index contributed by atoms with van der Waals surface area (Å²) in [5, 5.41) is 22.5. The monoisotopic (exact) mass is 1090 g/mol. The van der Waals surface area contributed by atoms with Gasteiger partial charge in [0, 0.05) is 68.8 Å². The third-order valence-corrected chi connectivity index (χ3v) is 18.0. The van der Waals surface area contributed by atoms with E-state index in [1.54, 1.807) is 31.1 Å². The number of aromatic nitrogens is 2. The number of hydrogen-bond acceptors (Lipinski definition) is 13. The van der Waals surface area contributed by atoms with Gasteiger partial charge in [0.05, 0.1) is 29.5 Å². The van der Waals surface area contributed by atoms with E-state index in [4.69, 9.17) is 45.2 Å². The predicted octanol–water partition coefficient (Wildman–Crippen LogP) is 12.0. The number of carbonyl (C=O) groups excluding carboxylic acids is 1. The number of esters is 1. The summed E-state index contributed by atoms with van der Waals surface area (Å²) in [7, 11) is 4.46. The molecule has 4 N–H and O–H groups in total. The molecule has 4 aliphatic rings. The largest absolute Gasteiger partial charge is 0.497 e. The summed E-state index contributed by atoms with van der Waals surface area (Å²) >= 11 is 1.48. The number of unbranched alkanes of at least 4 members (excludes halogenated alkanes) is 2. The van der Waals surface area contributed by atoms with Crippen LogP contribution in [0.15, 0.2) is 93.6 Å². The van der Waals surface area contributed by atoms with Crippen LogP contribution < -0.4 is 20.2 Å². The van der Waals surface area contributed by atoms with Crippen molar-refractivity contribution in [2.75, 3.05) is 65.5 Å². The first-order valence-corrected chi connectivity index (χ1v) is 31.5. The SMILES string of the molecule is COc1ccc(COC(=O)c2nc(N(CCCCCN=[N+]=[N-])C(=N)/C=C(/C)C(=N)N=c3sc4ccccc4n3COCC[Si](C)(C)C)ccc2/C(=C/N)C(C)=NCC23CC4(C)CC(C)(C2)CC(OCCN(C)C)(C4)C3)cc1. The van der Waals surface area contributed by atoms with Gasteiger partial charge in [-0.1, -0.05) is 80.6 Å². The fraction of sp³-hybridized carbons (Fsp3) is 0.552. The van der Waals surface area contributed by atoms with Gasteiger partial charge >= 0.3 is 5.97 Å². The Morgan fingerprint density at radius 2 is 1.68 bits per heavy atom. The minimum atomic E-state index is -1.31. The zero-order chi connectivity index (χ0) is 55.6. The Balaban J connectivity index is 1.21. The Bertz CT molecular complexity index is 2970. The molecule has 77 heavy (non-hydrogen) atoms. The molecule has 8 rings (SSSR count). The number of allylic oxidation sites excluding steroid dienone is 1. The summed E-state index contributed by atoms with van der Waals surface area (Å²) in [4.78, 5) is 37.2. The number of amidine groups is 2. The van der Waals surface area contributed by atoms with Crippen molar-refractivity contribution in [3.8, 4) is 5.75 Å². The minimum absolute atomic E-state index is 0.00570. The van der Waals surface area contributed by atoms with Crippen LogP contribution in [0.1, 0.15) is 107 Å². The molecule has 2 aromatic carbocycles. The van der Waals surface area contributed by atoms with Crippen molar-refractivity contribution in [1.82, 2.24) is 14.5 Å². The average molecular weight is 1090 g/mol. The number of nitrogens with zero attached hydrogens (tertiary/aromatic N) is 9. The lowest BCUT2D eigenvalue weighted by atomic mass is 9.39. The van der Waals surface area contributed by atoms with Crippen LogP contribution in [0.5, 0.6) is 5.75 Å². The topological polar surface area (TPSA) is 225 Å². The van der Waals surface area contributed by atoms with Gasteiger partial charge in [-0.05, 0) is 161 Å². The highest BCUT2D eigenvalue weighted by Gasteiger charge is 2.66. The quantitative estimate of drug-likeness (QED) is 0.00793. The molecule has 2 unspecified atom stereocenters. The number of methoxy groups -OCH3 is 1. The van der Waals surface area contributed by atoms with Crippen LogP contribution >= 0.6 is 11.3 Å². The lowest BCUT2D eigenvalue weighted by molar-refractivity contribution is -0.242. The van der Waals surface area contributed by atoms with Gasteiger partial charge < -0.3 is 34.5 Å². The molecule has 0 aliphatic heterocycles. The second kappa shape index (κ2) is 25.2. The van der Waals surface area contributed by atoms with Crippen molar-refractivity contribution in [2.24, 2.45) is 37.1 Å². The first kappa shape index (κ1) is 58.7. The van der Waals surface area contributed by atoms with E-state index in [2.05, 4.69) is 62.5 Å². The highest BCUT2D eigenvalue weighted by Crippen LogP contribution is 2.71. The number of ether oxygens (including phenoxy) is 4. The maximum absolute atomic E-state index is 14.6. The smallest absolute Gasteiger partial charge is 0.358 e. The second-order valence-electron chi connectivity index (χ2n) is 24.0. The van der Waals surface area contributed by atoms with Gasteiger partial charge in [-0.3, -0.25) is 20.4 Å². The van der Waals surface area contributed by atoms with E-state index in [1.165, 1.54) is 24.0 Å². The number of benzene rings is 2. The van der Waals surface area contributed by atoms with Gasteiger partial charge in [-0.2, -0.15) is 0 Å². The predicted molar refractivity (Wildman–Crippen MR) is 314 cm³/mol. The van der Waals surface area contributed by atoms with Crippen molar-refractivity contribution in [1.29, 1.82) is 10.8 Å². The molecule has 4 fully saturated rings. The zero-order valence-corrected chi connectivity index (χ0v) is 49.0. The van der Waals surface area contributed by atoms with E-state index in [0.717, 1.165) is 60.5 Å². The number of rotatable bonds is 26. The number of hydrogen-bond donors (Lipinski definition) is 3. The van der Waals surface area contributed by atoms with Crippen LogP contribution in [0.25, 0.3) is 26.2 Å². The first-order valence-electron chi connectivity index (χ1n) is 27.0. The number of likely N-dealkylation sites (N-methyl/N-ethyl adjacent to an activating group) is 1. The number of para-hydroxylation sites is 1. The van der Waals surface area contributed by atoms with Crippen LogP contribution in [0.2, 0.25) is 25.7 Å². The molecule has 4 aliphatic carbocycles. The Morgan fingerprint density at radius 3 is 2.35 bits per heavy atom. The molecular weight excluding hydrogens is 1000 g/mol. The third-order valence-electron chi connectivity index (χ3n) is 15.2. The van der Waals surface area contributed by atoms with E-state index >= 15 is 0 Å². The number of pyridine rings is 1. The second-order valence-corrected chi connectivity index (χ2v) is 30.6. The van der Waals surface area contributed by atoms with Gasteiger partial charge in [0.1, 0.15) is 30.7 Å². The number of fused-ring (bicyclic) bond motifs is 1. The van der Waals surface area contributed by atoms with Crippen LogP contribution in [0, 0.1) is 27.1 Å². The zero-order valence-electron chi connectivity index (χ0n) is 47.2. The Hall–Kier alpha value is -5.95. The summed E-state index contributed by atoms with van der Waals surface area (Å²) in [6.45, 7) is 19.4. The van der Waals surface area contributed by atoms with Gasteiger partial charge in [0.2, 0.25) is 0 Å². The normalized spacial score (nSPS) is 22.6. The van der Waals surface area contributed by atoms with Crippen LogP contribution in [0.3, 0.4) is 0 Å². The molecule has 4 bridgehead atoms. The standard InChI is InChI=1S/C58H82N12O5SSi/c1-41(52(61)66-54-70(40-73-28-29-77(8,9)10)47-16-12-13-17-48(47)76-54)30-49(60)69(25-15-11-14-24-64-67-62)50-23-22-45(51(65-50)53(71)74-32-43-18-20-44(72-7)21-19-43)46(31-59)42(2)63-39-57-34-55(3)33-56(4,35-57)37-58(36-55,38-57)75-27-26-68(5)6/h12-13,16-23,30-31,60-61H,11,14-15,24-29,32-40,59H2,1-10H3/b41-30-,46-31+,60-49?,61-52?,63-42?,66-54?. The molecule has 0 amide bonds. The number of aliphatic imine (C=N–C) groups is 1. The lowest BCUT2D eigenvalue weighted by Crippen LogP contribution is -2.64. The molecule has 19 heteroatoms. The molecule has 17 nitrogen and oxygen atoms in total. The van der Waals surface area contributed by atoms with Crippen LogP contribution in [-0.2, 0) is 27.5 Å². The molecule has 2 heterocycles. The van der Waals surface area contributed by atoms with E-state index in [9.17, 15) is 15.6 Å². The van der Waals surface area contributed by atoms with Gasteiger partial charge in [0.25, 0.3) is 0 Å². The highest BCUT2D eigenvalue weighted by atomic mass is 32.1. The Morgan fingerprint density at radius 1 is 0.948 bits per heavy atom. The molecular formula is C58H82N12O5SSi. The van der Waals surface area contributed by atoms with E-state index in [-0.39, 0.29) is 45.8 Å². The Kier molecular flexibility index (Phi) is 19.2. The Labute approximate surface area is 460 Å². The summed E-state index contributed by atoms with van der Waals surface area (Å²) in [6, 6.07) is 20.0. The van der Waals surface area contributed by atoms with Gasteiger partial charge in [-0.15, -0.1) is 0 Å². The van der Waals surface area contributed by atoms with Crippen molar-refractivity contribution in [3.63, 3.8) is 0 Å². The summed E-state index contributed by atoms with van der Waals surface area (Å²) in [5.74, 6) is 0.383. The number of thiazole rings is 1. The lowest BCUT2D eigenvalue weighted by Gasteiger charge is -2.69. The molecule has 0 saturated heterocycles. The van der Waals surface area contributed by atoms with Crippen molar-refractivity contribution >= 4 is 64.4 Å².